The maximum Gasteiger partial charge on any atom is 0.243 e. The molecule has 4 rings (SSSR count). The van der Waals surface area contributed by atoms with Gasteiger partial charge >= 0.3 is 0 Å². The molecule has 0 atom stereocenters. The lowest BCUT2D eigenvalue weighted by molar-refractivity contribution is 0.489. The van der Waals surface area contributed by atoms with E-state index in [-0.39, 0.29) is 38.9 Å². The van der Waals surface area contributed by atoms with Crippen LogP contribution in [0.3, 0.4) is 0 Å². The monoisotopic (exact) mass is 557 g/mol. The average molecular weight is 558 g/mol. The Morgan fingerprint density at radius 2 is 0.811 bits per heavy atom. The van der Waals surface area contributed by atoms with Gasteiger partial charge in [-0.05, 0) is 68.3 Å². The van der Waals surface area contributed by atoms with E-state index in [9.17, 15) is 25.3 Å². The van der Waals surface area contributed by atoms with Crippen molar-refractivity contribution in [3.63, 3.8) is 0 Å². The molecule has 1 aliphatic rings. The molecule has 0 bridgehead atoms. The summed E-state index contributed by atoms with van der Waals surface area (Å²) in [5.74, 6) is 0. The molecule has 0 unspecified atom stereocenters. The van der Waals surface area contributed by atoms with E-state index in [4.69, 9.17) is 0 Å². The van der Waals surface area contributed by atoms with E-state index in [1.807, 2.05) is 20.8 Å². The highest BCUT2D eigenvalue weighted by atomic mass is 32.2. The lowest BCUT2D eigenvalue weighted by atomic mass is 10.2. The first-order chi connectivity index (χ1) is 17.3. The molecule has 37 heavy (non-hydrogen) atoms. The van der Waals surface area contributed by atoms with E-state index >= 15 is 0 Å². The van der Waals surface area contributed by atoms with Gasteiger partial charge in [0.25, 0.3) is 0 Å². The van der Waals surface area contributed by atoms with Gasteiger partial charge in [-0.3, -0.25) is 0 Å². The van der Waals surface area contributed by atoms with Crippen LogP contribution in [0.5, 0.6) is 0 Å². The van der Waals surface area contributed by atoms with E-state index in [0.717, 1.165) is 31.8 Å². The number of sulfone groups is 2. The van der Waals surface area contributed by atoms with Gasteiger partial charge < -0.3 is 0 Å². The summed E-state index contributed by atoms with van der Waals surface area (Å²) in [4.78, 5) is 0.110. The Morgan fingerprint density at radius 1 is 0.514 bits per heavy atom. The van der Waals surface area contributed by atoms with Crippen LogP contribution >= 0.6 is 0 Å². The first-order valence-corrected chi connectivity index (χ1v) is 15.9. The summed E-state index contributed by atoms with van der Waals surface area (Å²) in [6.45, 7) is 4.93. The molecule has 0 saturated carbocycles. The van der Waals surface area contributed by atoms with Gasteiger partial charge in [0.1, 0.15) is 0 Å². The van der Waals surface area contributed by atoms with E-state index in [2.05, 4.69) is 0 Å². The van der Waals surface area contributed by atoms with Gasteiger partial charge in [0.15, 0.2) is 19.7 Å². The Bertz CT molecular complexity index is 1610. The van der Waals surface area contributed by atoms with Gasteiger partial charge in [-0.2, -0.15) is 4.31 Å². The van der Waals surface area contributed by atoms with E-state index < -0.39 is 29.7 Å². The quantitative estimate of drug-likeness (QED) is 0.447. The Kier molecular flexibility index (Phi) is 7.31. The highest BCUT2D eigenvalue weighted by molar-refractivity contribution is 7.94. The Balaban J connectivity index is 1.81. The Morgan fingerprint density at radius 3 is 1.14 bits per heavy atom. The van der Waals surface area contributed by atoms with Crippen molar-refractivity contribution in [2.75, 3.05) is 13.1 Å². The second kappa shape index (κ2) is 10.0. The van der Waals surface area contributed by atoms with Crippen LogP contribution in [-0.4, -0.2) is 42.6 Å². The number of aryl methyl sites for hydroxylation is 3. The zero-order valence-electron chi connectivity index (χ0n) is 20.6. The normalized spacial score (nSPS) is 17.5. The van der Waals surface area contributed by atoms with Crippen LogP contribution in [0, 0.1) is 20.8 Å². The molecule has 3 aromatic rings. The molecule has 0 aromatic heterocycles. The zero-order chi connectivity index (χ0) is 27.0. The van der Waals surface area contributed by atoms with Crippen molar-refractivity contribution in [3.8, 4) is 0 Å². The molecule has 0 N–H and O–H groups in total. The predicted molar refractivity (Wildman–Crippen MR) is 143 cm³/mol. The van der Waals surface area contributed by atoms with Crippen LogP contribution in [0.4, 0.5) is 0 Å². The number of nitrogens with zero attached hydrogens (tertiary/aromatic N) is 1. The van der Waals surface area contributed by atoms with Crippen LogP contribution in [-0.2, 0) is 29.7 Å². The van der Waals surface area contributed by atoms with Gasteiger partial charge in [0.05, 0.1) is 14.7 Å². The Hall–Kier alpha value is -3.05. The summed E-state index contributed by atoms with van der Waals surface area (Å²) in [6, 6.07) is 18.8. The summed E-state index contributed by atoms with van der Waals surface area (Å²) in [5.41, 5.74) is 2.86. The van der Waals surface area contributed by atoms with E-state index in [0.29, 0.717) is 0 Å². The molecule has 10 heteroatoms. The summed E-state index contributed by atoms with van der Waals surface area (Å²) in [5, 5.41) is 1.94. The van der Waals surface area contributed by atoms with Crippen molar-refractivity contribution in [1.29, 1.82) is 0 Å². The van der Waals surface area contributed by atoms with Crippen LogP contribution < -0.4 is 0 Å². The molecule has 194 valence electrons. The van der Waals surface area contributed by atoms with Crippen molar-refractivity contribution in [3.05, 3.63) is 111 Å². The third-order valence-electron chi connectivity index (χ3n) is 6.06. The molecular formula is C27H27NO6S3. The topological polar surface area (TPSA) is 106 Å². The van der Waals surface area contributed by atoms with Gasteiger partial charge in [0.2, 0.25) is 10.0 Å². The van der Waals surface area contributed by atoms with Crippen molar-refractivity contribution in [2.45, 2.75) is 35.5 Å². The summed E-state index contributed by atoms with van der Waals surface area (Å²) < 4.78 is 80.4. The second-order valence-electron chi connectivity index (χ2n) is 9.09. The van der Waals surface area contributed by atoms with Gasteiger partial charge in [-0.15, -0.1) is 0 Å². The standard InChI is InChI=1S/C27H27NO6S3/c1-20-4-10-25(11-5-20)35(29,30)18-23-16-28(37(33,34)27-14-8-22(3)9-15-27)17-24(23)19-36(31,32)26-12-6-21(2)7-13-26/h4-15,18-19H,16-17H2,1-3H3/b23-18-,24-19-. The molecule has 1 aliphatic heterocycles. The minimum atomic E-state index is -4.01. The molecule has 0 radical (unpaired) electrons. The van der Waals surface area contributed by atoms with Gasteiger partial charge in [-0.25, -0.2) is 25.3 Å². The molecule has 0 spiro atoms. The highest BCUT2D eigenvalue weighted by Gasteiger charge is 2.34. The molecule has 0 amide bonds. The Labute approximate surface area is 218 Å². The summed E-state index contributed by atoms with van der Waals surface area (Å²) in [6.07, 6.45) is 0. The van der Waals surface area contributed by atoms with Gasteiger partial charge in [-0.1, -0.05) is 53.1 Å². The molecule has 0 aliphatic carbocycles. The third-order valence-corrected chi connectivity index (χ3v) is 10.9. The fourth-order valence-electron chi connectivity index (χ4n) is 3.86. The first kappa shape index (κ1) is 27.0. The largest absolute Gasteiger partial charge is 0.243 e. The van der Waals surface area contributed by atoms with Crippen molar-refractivity contribution < 1.29 is 25.3 Å². The van der Waals surface area contributed by atoms with Crippen LogP contribution in [0.15, 0.2) is 109 Å². The van der Waals surface area contributed by atoms with Crippen LogP contribution in [0.25, 0.3) is 0 Å². The van der Waals surface area contributed by atoms with E-state index in [1.54, 1.807) is 36.4 Å². The molecule has 1 fully saturated rings. The minimum absolute atomic E-state index is 0.0335. The third kappa shape index (κ3) is 5.93. The molecule has 7 nitrogen and oxygen atoms in total. The van der Waals surface area contributed by atoms with Crippen molar-refractivity contribution in [1.82, 2.24) is 4.31 Å². The number of benzene rings is 3. The van der Waals surface area contributed by atoms with E-state index in [1.165, 1.54) is 36.4 Å². The summed E-state index contributed by atoms with van der Waals surface area (Å²) >= 11 is 0. The average Bonchev–Trinajstić information content (AvgIpc) is 3.21. The second-order valence-corrected chi connectivity index (χ2v) is 14.6. The maximum atomic E-state index is 13.4. The SMILES string of the molecule is Cc1ccc(S(=O)(=O)/C=C2/CN(S(=O)(=O)c3ccc(C)cc3)C/C2=C/S(=O)(=O)c2ccc(C)cc2)cc1. The highest BCUT2D eigenvalue weighted by Crippen LogP contribution is 2.31. The van der Waals surface area contributed by atoms with Crippen molar-refractivity contribution >= 4 is 29.7 Å². The fourth-order valence-corrected chi connectivity index (χ4v) is 7.76. The first-order valence-electron chi connectivity index (χ1n) is 11.4. The number of hydrogen-bond acceptors (Lipinski definition) is 6. The fraction of sp³-hybridized carbons (Fsp3) is 0.185. The number of sulfonamides is 1. The molecule has 1 saturated heterocycles. The zero-order valence-corrected chi connectivity index (χ0v) is 23.1. The maximum absolute atomic E-state index is 13.4. The lowest BCUT2D eigenvalue weighted by Gasteiger charge is -2.15. The summed E-state index contributed by atoms with van der Waals surface area (Å²) in [7, 11) is -12.0. The van der Waals surface area contributed by atoms with Crippen molar-refractivity contribution in [2.24, 2.45) is 0 Å². The molecular weight excluding hydrogens is 530 g/mol. The lowest BCUT2D eigenvalue weighted by Crippen LogP contribution is -2.28. The van der Waals surface area contributed by atoms with Crippen LogP contribution in [0.1, 0.15) is 16.7 Å². The smallest absolute Gasteiger partial charge is 0.219 e. The number of rotatable bonds is 6. The van der Waals surface area contributed by atoms with Crippen LogP contribution in [0.2, 0.25) is 0 Å². The van der Waals surface area contributed by atoms with Gasteiger partial charge in [0, 0.05) is 23.9 Å². The predicted octanol–water partition coefficient (Wildman–Crippen LogP) is 4.33. The molecule has 3 aromatic carbocycles. The minimum Gasteiger partial charge on any atom is -0.219 e. The molecule has 1 heterocycles. The number of hydrogen-bond donors (Lipinski definition) is 0.